The van der Waals surface area contributed by atoms with Gasteiger partial charge in [0.15, 0.2) is 0 Å². The molecule has 0 aliphatic heterocycles. The number of nitrogens with one attached hydrogen (secondary N) is 1. The highest BCUT2D eigenvalue weighted by molar-refractivity contribution is 5.94. The van der Waals surface area contributed by atoms with Gasteiger partial charge in [-0.05, 0) is 25.0 Å². The quantitative estimate of drug-likeness (QED) is 0.760. The van der Waals surface area contributed by atoms with E-state index in [2.05, 4.69) is 20.4 Å². The number of rotatable bonds is 3. The Kier molecular flexibility index (Phi) is 4.33. The third-order valence-corrected chi connectivity index (χ3v) is 4.95. The Balaban J connectivity index is 1.53. The van der Waals surface area contributed by atoms with Crippen molar-refractivity contribution in [1.82, 2.24) is 19.7 Å². The molecule has 0 spiro atoms. The summed E-state index contributed by atoms with van der Waals surface area (Å²) in [6, 6.07) is 3.70. The fraction of sp³-hybridized carbons (Fsp3) is 0.368. The number of alkyl halides is 2. The van der Waals surface area contributed by atoms with Gasteiger partial charge < -0.3 is 5.32 Å². The van der Waals surface area contributed by atoms with Gasteiger partial charge in [0.25, 0.3) is 0 Å². The monoisotopic (exact) mass is 371 g/mol. The van der Waals surface area contributed by atoms with Gasteiger partial charge in [0.2, 0.25) is 11.8 Å². The van der Waals surface area contributed by atoms with Crippen LogP contribution in [0.2, 0.25) is 0 Å². The van der Waals surface area contributed by atoms with Crippen LogP contribution in [0.15, 0.2) is 36.9 Å². The molecule has 4 rings (SSSR count). The largest absolute Gasteiger partial charge is 0.310 e. The number of amides is 1. The number of aryl methyl sites for hydroxylation is 1. The zero-order valence-electron chi connectivity index (χ0n) is 14.8. The number of fused-ring (bicyclic) bond motifs is 1. The molecule has 27 heavy (non-hydrogen) atoms. The Morgan fingerprint density at radius 2 is 1.93 bits per heavy atom. The predicted octanol–water partition coefficient (Wildman–Crippen LogP) is 3.79. The molecule has 0 saturated heterocycles. The molecule has 3 heterocycles. The molecule has 1 N–H and O–H groups in total. The molecule has 8 heteroatoms. The van der Waals surface area contributed by atoms with Crippen molar-refractivity contribution in [3.63, 3.8) is 0 Å². The van der Waals surface area contributed by atoms with Crippen molar-refractivity contribution < 1.29 is 13.6 Å². The minimum absolute atomic E-state index is 0.194. The fourth-order valence-electron chi connectivity index (χ4n) is 3.36. The Hall–Kier alpha value is -2.90. The molecule has 1 fully saturated rings. The minimum Gasteiger partial charge on any atom is -0.310 e. The molecule has 140 valence electrons. The van der Waals surface area contributed by atoms with Crippen LogP contribution in [0.1, 0.15) is 25.7 Å². The lowest BCUT2D eigenvalue weighted by Crippen LogP contribution is -2.32. The first-order chi connectivity index (χ1) is 12.9. The van der Waals surface area contributed by atoms with E-state index in [1.54, 1.807) is 29.3 Å². The number of aromatic nitrogens is 4. The highest BCUT2D eigenvalue weighted by Gasteiger charge is 2.37. The number of anilines is 1. The molecule has 1 aliphatic carbocycles. The summed E-state index contributed by atoms with van der Waals surface area (Å²) in [5.74, 6) is -2.91. The molecule has 0 aromatic carbocycles. The molecule has 6 nitrogen and oxygen atoms in total. The van der Waals surface area contributed by atoms with Gasteiger partial charge in [-0.25, -0.2) is 13.8 Å². The maximum Gasteiger partial charge on any atom is 0.248 e. The average molecular weight is 371 g/mol. The van der Waals surface area contributed by atoms with Crippen LogP contribution < -0.4 is 5.32 Å². The topological polar surface area (TPSA) is 72.7 Å². The second kappa shape index (κ2) is 6.68. The number of pyridine rings is 2. The molecule has 1 amide bonds. The number of carbonyl (C=O) groups excluding carboxylic acids is 1. The van der Waals surface area contributed by atoms with Gasteiger partial charge in [0.1, 0.15) is 5.82 Å². The normalized spacial score (nSPS) is 17.1. The summed E-state index contributed by atoms with van der Waals surface area (Å²) in [6.45, 7) is 0. The first-order valence-corrected chi connectivity index (χ1v) is 8.83. The summed E-state index contributed by atoms with van der Waals surface area (Å²) >= 11 is 0. The van der Waals surface area contributed by atoms with Crippen LogP contribution in [0.25, 0.3) is 22.0 Å². The van der Waals surface area contributed by atoms with E-state index in [1.165, 1.54) is 0 Å². The van der Waals surface area contributed by atoms with E-state index in [9.17, 15) is 13.6 Å². The van der Waals surface area contributed by atoms with Gasteiger partial charge in [0.05, 0.1) is 17.9 Å². The van der Waals surface area contributed by atoms with Crippen LogP contribution >= 0.6 is 0 Å². The molecule has 0 radical (unpaired) electrons. The lowest BCUT2D eigenvalue weighted by molar-refractivity contribution is -0.124. The van der Waals surface area contributed by atoms with Crippen molar-refractivity contribution >= 4 is 22.6 Å². The Labute approximate surface area is 154 Å². The van der Waals surface area contributed by atoms with Gasteiger partial charge in [0, 0.05) is 54.7 Å². The average Bonchev–Trinajstić information content (AvgIpc) is 3.07. The van der Waals surface area contributed by atoms with Gasteiger partial charge in [-0.15, -0.1) is 0 Å². The lowest BCUT2D eigenvalue weighted by Gasteiger charge is -2.27. The van der Waals surface area contributed by atoms with Crippen molar-refractivity contribution in [2.24, 2.45) is 13.0 Å². The van der Waals surface area contributed by atoms with Gasteiger partial charge >= 0.3 is 0 Å². The summed E-state index contributed by atoms with van der Waals surface area (Å²) in [7, 11) is 1.84. The number of hydrogen-bond acceptors (Lipinski definition) is 4. The Morgan fingerprint density at radius 1 is 1.15 bits per heavy atom. The Morgan fingerprint density at radius 3 is 2.63 bits per heavy atom. The standard InChI is InChI=1S/C19H19F2N5O/c1-26-11-15(9-24-26)14-6-13-7-17(23-10-16(13)22-8-14)25-18(27)12-2-4-19(20,21)5-3-12/h6-12H,2-5H2,1H3,(H,23,25,27). The molecule has 1 aliphatic rings. The van der Waals surface area contributed by atoms with Crippen LogP contribution in [0.3, 0.4) is 0 Å². The van der Waals surface area contributed by atoms with Crippen molar-refractivity contribution in [3.8, 4) is 11.1 Å². The first kappa shape index (κ1) is 17.5. The summed E-state index contributed by atoms with van der Waals surface area (Å²) in [4.78, 5) is 21.0. The lowest BCUT2D eigenvalue weighted by atomic mass is 9.86. The van der Waals surface area contributed by atoms with Crippen molar-refractivity contribution in [2.75, 3.05) is 5.32 Å². The van der Waals surface area contributed by atoms with E-state index in [4.69, 9.17) is 0 Å². The molecule has 0 bridgehead atoms. The summed E-state index contributed by atoms with van der Waals surface area (Å²) < 4.78 is 28.2. The second-order valence-corrected chi connectivity index (χ2v) is 7.01. The number of hydrogen-bond donors (Lipinski definition) is 1. The number of carbonyl (C=O) groups is 1. The Bertz CT molecular complexity index is 991. The molecular formula is C19H19F2N5O. The highest BCUT2D eigenvalue weighted by atomic mass is 19.3. The van der Waals surface area contributed by atoms with E-state index in [-0.39, 0.29) is 31.6 Å². The summed E-state index contributed by atoms with van der Waals surface area (Å²) in [5.41, 5.74) is 2.56. The van der Waals surface area contributed by atoms with Crippen LogP contribution in [0.5, 0.6) is 0 Å². The van der Waals surface area contributed by atoms with E-state index in [0.29, 0.717) is 11.3 Å². The van der Waals surface area contributed by atoms with Crippen molar-refractivity contribution in [3.05, 3.63) is 36.9 Å². The van der Waals surface area contributed by atoms with E-state index in [0.717, 1.165) is 16.5 Å². The molecular weight excluding hydrogens is 352 g/mol. The van der Waals surface area contributed by atoms with Gasteiger partial charge in [-0.3, -0.25) is 14.5 Å². The van der Waals surface area contributed by atoms with Gasteiger partial charge in [-0.2, -0.15) is 5.10 Å². The van der Waals surface area contributed by atoms with Crippen LogP contribution in [0.4, 0.5) is 14.6 Å². The molecule has 3 aromatic heterocycles. The maximum atomic E-state index is 13.3. The van der Waals surface area contributed by atoms with Crippen LogP contribution in [-0.2, 0) is 11.8 Å². The summed E-state index contributed by atoms with van der Waals surface area (Å²) in [5, 5.41) is 7.74. The van der Waals surface area contributed by atoms with E-state index >= 15 is 0 Å². The SMILES string of the molecule is Cn1cc(-c2cnc3cnc(NC(=O)C4CCC(F)(F)CC4)cc3c2)cn1. The van der Waals surface area contributed by atoms with E-state index in [1.807, 2.05) is 19.3 Å². The zero-order valence-corrected chi connectivity index (χ0v) is 14.8. The zero-order chi connectivity index (χ0) is 19.0. The van der Waals surface area contributed by atoms with Gasteiger partial charge in [-0.1, -0.05) is 0 Å². The highest BCUT2D eigenvalue weighted by Crippen LogP contribution is 2.36. The fourth-order valence-corrected chi connectivity index (χ4v) is 3.36. The second-order valence-electron chi connectivity index (χ2n) is 7.01. The van der Waals surface area contributed by atoms with Crippen molar-refractivity contribution in [1.29, 1.82) is 0 Å². The number of nitrogens with zero attached hydrogens (tertiary/aromatic N) is 4. The van der Waals surface area contributed by atoms with Crippen molar-refractivity contribution in [2.45, 2.75) is 31.6 Å². The molecule has 0 unspecified atom stereocenters. The predicted molar refractivity (Wildman–Crippen MR) is 97.3 cm³/mol. The smallest absolute Gasteiger partial charge is 0.248 e. The third kappa shape index (κ3) is 3.79. The van der Waals surface area contributed by atoms with E-state index < -0.39 is 11.8 Å². The molecule has 1 saturated carbocycles. The summed E-state index contributed by atoms with van der Waals surface area (Å²) in [6.07, 6.45) is 6.90. The molecule has 3 aromatic rings. The minimum atomic E-state index is -2.65. The van der Waals surface area contributed by atoms with Crippen LogP contribution in [0, 0.1) is 5.92 Å². The van der Waals surface area contributed by atoms with Crippen LogP contribution in [-0.4, -0.2) is 31.6 Å². The molecule has 0 atom stereocenters. The third-order valence-electron chi connectivity index (χ3n) is 4.95. The number of halogens is 2. The first-order valence-electron chi connectivity index (χ1n) is 8.83. The maximum absolute atomic E-state index is 13.3.